The first-order chi connectivity index (χ1) is 15.4. The van der Waals surface area contributed by atoms with E-state index in [0.717, 1.165) is 55.8 Å². The molecule has 2 aromatic rings. The van der Waals surface area contributed by atoms with Crippen molar-refractivity contribution in [2.45, 2.75) is 55.5 Å². The van der Waals surface area contributed by atoms with Gasteiger partial charge in [0.1, 0.15) is 10.7 Å². The molecule has 1 saturated heterocycles. The van der Waals surface area contributed by atoms with Crippen molar-refractivity contribution in [1.82, 2.24) is 15.6 Å². The minimum Gasteiger partial charge on any atom is -0.383 e. The van der Waals surface area contributed by atoms with Crippen molar-refractivity contribution < 1.29 is 12.8 Å². The standard InChI is InChI=1S/C21H29ClFN5O2S2/c22-17-10-20(32(29,30)28-21-25-7-8-31-21)18(23)11-19(17)27-12-14-3-1-4-15(9-14)26-13-16-5-2-6-24-16/h7-8,10-11,14-16,24,26-27H,1-6,9,12-13H2,(H,25,28)/t14?,15?,16-/m0/s1. The van der Waals surface area contributed by atoms with E-state index >= 15 is 0 Å². The first-order valence-corrected chi connectivity index (χ1v) is 13.8. The third kappa shape index (κ3) is 6.11. The lowest BCUT2D eigenvalue weighted by molar-refractivity contribution is 0.289. The number of rotatable bonds is 9. The van der Waals surface area contributed by atoms with Crippen LogP contribution in [-0.4, -0.2) is 45.1 Å². The molecule has 0 spiro atoms. The molecule has 4 rings (SSSR count). The Bertz CT molecular complexity index is 1000. The normalized spacial score (nSPS) is 23.9. The van der Waals surface area contributed by atoms with Gasteiger partial charge in [-0.05, 0) is 56.7 Å². The van der Waals surface area contributed by atoms with Gasteiger partial charge in [-0.1, -0.05) is 18.0 Å². The summed E-state index contributed by atoms with van der Waals surface area (Å²) in [5.41, 5.74) is 0.405. The van der Waals surface area contributed by atoms with Crippen LogP contribution >= 0.6 is 22.9 Å². The Kier molecular flexibility index (Phi) is 7.88. The fourth-order valence-electron chi connectivity index (χ4n) is 4.47. The van der Waals surface area contributed by atoms with Crippen LogP contribution in [0, 0.1) is 11.7 Å². The molecule has 3 atom stereocenters. The number of sulfonamides is 1. The highest BCUT2D eigenvalue weighted by Gasteiger charge is 2.25. The van der Waals surface area contributed by atoms with Gasteiger partial charge in [0.2, 0.25) is 0 Å². The molecule has 0 radical (unpaired) electrons. The summed E-state index contributed by atoms with van der Waals surface area (Å²) < 4.78 is 42.0. The van der Waals surface area contributed by atoms with Crippen LogP contribution in [0.2, 0.25) is 5.02 Å². The summed E-state index contributed by atoms with van der Waals surface area (Å²) in [6.45, 7) is 2.79. The molecule has 1 saturated carbocycles. The Morgan fingerprint density at radius 2 is 2.09 bits per heavy atom. The zero-order valence-electron chi connectivity index (χ0n) is 17.7. The fraction of sp³-hybridized carbons (Fsp3) is 0.571. The van der Waals surface area contributed by atoms with E-state index in [9.17, 15) is 12.8 Å². The number of nitrogens with one attached hydrogen (secondary N) is 4. The number of benzene rings is 1. The topological polar surface area (TPSA) is 95.2 Å². The van der Waals surface area contributed by atoms with E-state index in [1.165, 1.54) is 25.5 Å². The van der Waals surface area contributed by atoms with Crippen LogP contribution in [0.4, 0.5) is 15.2 Å². The maximum Gasteiger partial charge on any atom is 0.266 e. The van der Waals surface area contributed by atoms with Crippen LogP contribution < -0.4 is 20.7 Å². The van der Waals surface area contributed by atoms with Crippen LogP contribution in [0.25, 0.3) is 0 Å². The number of hydrogen-bond acceptors (Lipinski definition) is 7. The lowest BCUT2D eigenvalue weighted by atomic mass is 9.85. The summed E-state index contributed by atoms with van der Waals surface area (Å²) >= 11 is 7.42. The van der Waals surface area contributed by atoms with Crippen molar-refractivity contribution >= 4 is 43.8 Å². The summed E-state index contributed by atoms with van der Waals surface area (Å²) in [5, 5.41) is 12.4. The summed E-state index contributed by atoms with van der Waals surface area (Å²) in [6.07, 6.45) is 8.46. The molecule has 11 heteroatoms. The number of aromatic nitrogens is 1. The number of nitrogens with zero attached hydrogens (tertiary/aromatic N) is 1. The quantitative estimate of drug-likeness (QED) is 0.414. The van der Waals surface area contributed by atoms with Gasteiger partial charge in [0.05, 0.1) is 10.7 Å². The summed E-state index contributed by atoms with van der Waals surface area (Å²) in [7, 11) is -4.11. The number of thiazole rings is 1. The first-order valence-electron chi connectivity index (χ1n) is 11.0. The van der Waals surface area contributed by atoms with E-state index in [0.29, 0.717) is 30.2 Å². The van der Waals surface area contributed by atoms with Crippen molar-refractivity contribution in [3.05, 3.63) is 34.5 Å². The van der Waals surface area contributed by atoms with Crippen LogP contribution in [0.1, 0.15) is 38.5 Å². The van der Waals surface area contributed by atoms with Gasteiger partial charge in [-0.3, -0.25) is 4.72 Å². The Hall–Kier alpha value is -1.46. The molecule has 2 heterocycles. The largest absolute Gasteiger partial charge is 0.383 e. The predicted octanol–water partition coefficient (Wildman–Crippen LogP) is 4.05. The Morgan fingerprint density at radius 1 is 1.22 bits per heavy atom. The van der Waals surface area contributed by atoms with Crippen LogP contribution in [0.15, 0.2) is 28.6 Å². The molecule has 0 amide bonds. The third-order valence-corrected chi connectivity index (χ3v) is 8.63. The number of hydrogen-bond donors (Lipinski definition) is 4. The Labute approximate surface area is 197 Å². The van der Waals surface area contributed by atoms with Gasteiger partial charge in [-0.2, -0.15) is 0 Å². The van der Waals surface area contributed by atoms with Gasteiger partial charge >= 0.3 is 0 Å². The molecule has 1 aliphatic heterocycles. The van der Waals surface area contributed by atoms with Crippen molar-refractivity contribution in [3.63, 3.8) is 0 Å². The maximum absolute atomic E-state index is 14.7. The fourth-order valence-corrected chi connectivity index (χ4v) is 6.64. The van der Waals surface area contributed by atoms with Crippen LogP contribution in [-0.2, 0) is 10.0 Å². The predicted molar refractivity (Wildman–Crippen MR) is 128 cm³/mol. The second-order valence-electron chi connectivity index (χ2n) is 8.52. The van der Waals surface area contributed by atoms with E-state index in [-0.39, 0.29) is 10.2 Å². The van der Waals surface area contributed by atoms with E-state index in [4.69, 9.17) is 11.6 Å². The van der Waals surface area contributed by atoms with Gasteiger partial charge < -0.3 is 16.0 Å². The Morgan fingerprint density at radius 3 is 2.84 bits per heavy atom. The molecule has 4 N–H and O–H groups in total. The maximum atomic E-state index is 14.7. The monoisotopic (exact) mass is 501 g/mol. The zero-order chi connectivity index (χ0) is 22.6. The van der Waals surface area contributed by atoms with Crippen molar-refractivity contribution in [2.24, 2.45) is 5.92 Å². The molecule has 2 fully saturated rings. The Balaban J connectivity index is 1.33. The lowest BCUT2D eigenvalue weighted by Gasteiger charge is -2.31. The molecule has 2 unspecified atom stereocenters. The van der Waals surface area contributed by atoms with Crippen molar-refractivity contribution in [2.75, 3.05) is 29.7 Å². The number of halogens is 2. The molecule has 2 aliphatic rings. The van der Waals surface area contributed by atoms with E-state index < -0.39 is 20.7 Å². The average Bonchev–Trinajstić information content (AvgIpc) is 3.47. The van der Waals surface area contributed by atoms with Gasteiger partial charge in [0.25, 0.3) is 10.0 Å². The molecule has 0 bridgehead atoms. The van der Waals surface area contributed by atoms with Gasteiger partial charge in [0, 0.05) is 36.8 Å². The van der Waals surface area contributed by atoms with Gasteiger partial charge in [-0.15, -0.1) is 11.3 Å². The number of anilines is 2. The minimum absolute atomic E-state index is 0.170. The molecule has 7 nitrogen and oxygen atoms in total. The van der Waals surface area contributed by atoms with Crippen molar-refractivity contribution in [3.8, 4) is 0 Å². The minimum atomic E-state index is -4.11. The second kappa shape index (κ2) is 10.6. The smallest absolute Gasteiger partial charge is 0.266 e. The molecule has 176 valence electrons. The molecule has 1 aliphatic carbocycles. The molecular formula is C21H29ClFN5O2S2. The molecule has 1 aromatic heterocycles. The summed E-state index contributed by atoms with van der Waals surface area (Å²) in [5.74, 6) is -0.403. The highest BCUT2D eigenvalue weighted by Crippen LogP contribution is 2.31. The first kappa shape index (κ1) is 23.7. The molecule has 32 heavy (non-hydrogen) atoms. The highest BCUT2D eigenvalue weighted by molar-refractivity contribution is 7.93. The highest BCUT2D eigenvalue weighted by atomic mass is 35.5. The van der Waals surface area contributed by atoms with Gasteiger partial charge in [0.15, 0.2) is 5.13 Å². The van der Waals surface area contributed by atoms with E-state index in [2.05, 4.69) is 25.7 Å². The molecule has 1 aromatic carbocycles. The van der Waals surface area contributed by atoms with E-state index in [1.807, 2.05) is 0 Å². The summed E-state index contributed by atoms with van der Waals surface area (Å²) in [4.78, 5) is 3.38. The van der Waals surface area contributed by atoms with Crippen molar-refractivity contribution in [1.29, 1.82) is 0 Å². The second-order valence-corrected chi connectivity index (χ2v) is 11.5. The average molecular weight is 502 g/mol. The third-order valence-electron chi connectivity index (χ3n) is 6.14. The van der Waals surface area contributed by atoms with Crippen LogP contribution in [0.5, 0.6) is 0 Å². The SMILES string of the molecule is O=S(=O)(Nc1nccs1)c1cc(Cl)c(NCC2CCCC(NC[C@@H]3CCCN3)C2)cc1F. The zero-order valence-corrected chi connectivity index (χ0v) is 20.1. The lowest BCUT2D eigenvalue weighted by Crippen LogP contribution is -2.42. The van der Waals surface area contributed by atoms with Crippen LogP contribution in [0.3, 0.4) is 0 Å². The summed E-state index contributed by atoms with van der Waals surface area (Å²) in [6, 6.07) is 3.38. The van der Waals surface area contributed by atoms with Gasteiger partial charge in [-0.25, -0.2) is 17.8 Å². The molecular weight excluding hydrogens is 473 g/mol. The van der Waals surface area contributed by atoms with E-state index in [1.54, 1.807) is 5.38 Å².